The molecular weight excluding hydrogens is 338 g/mol. The number of hydrogen-bond donors (Lipinski definition) is 3. The minimum Gasteiger partial charge on any atom is -0.396 e. The van der Waals surface area contributed by atoms with E-state index in [1.807, 2.05) is 0 Å². The van der Waals surface area contributed by atoms with Crippen LogP contribution < -0.4 is 5.32 Å². The second-order valence-corrected chi connectivity index (χ2v) is 8.00. The normalized spacial score (nSPS) is 12.3. The van der Waals surface area contributed by atoms with Crippen LogP contribution in [0.25, 0.3) is 0 Å². The highest BCUT2D eigenvalue weighted by molar-refractivity contribution is 5.75. The van der Waals surface area contributed by atoms with Gasteiger partial charge in [0.1, 0.15) is 0 Å². The van der Waals surface area contributed by atoms with Crippen molar-refractivity contribution in [1.82, 2.24) is 5.32 Å². The Morgan fingerprint density at radius 1 is 0.741 bits per heavy atom. The van der Waals surface area contributed by atoms with Crippen molar-refractivity contribution < 1.29 is 15.0 Å². The molecule has 3 N–H and O–H groups in total. The zero-order valence-corrected chi connectivity index (χ0v) is 18.0. The lowest BCUT2D eigenvalue weighted by molar-refractivity contribution is -0.121. The quantitative estimate of drug-likeness (QED) is 0.229. The minimum absolute atomic E-state index is 0.0809. The number of aliphatic hydroxyl groups is 2. The molecule has 0 aromatic rings. The molecule has 162 valence electrons. The van der Waals surface area contributed by atoms with Crippen LogP contribution in [0.2, 0.25) is 0 Å². The maximum absolute atomic E-state index is 11.7. The van der Waals surface area contributed by atoms with Gasteiger partial charge in [0, 0.05) is 19.6 Å². The lowest BCUT2D eigenvalue weighted by Crippen LogP contribution is -2.24. The molecule has 0 saturated heterocycles. The number of unbranched alkanes of at least 4 members (excludes halogenated alkanes) is 12. The summed E-state index contributed by atoms with van der Waals surface area (Å²) < 4.78 is 0. The second-order valence-electron chi connectivity index (χ2n) is 8.00. The first-order valence-corrected chi connectivity index (χ1v) is 11.8. The lowest BCUT2D eigenvalue weighted by Gasteiger charge is -2.10. The maximum Gasteiger partial charge on any atom is 0.219 e. The van der Waals surface area contributed by atoms with Gasteiger partial charge >= 0.3 is 0 Å². The third-order valence-corrected chi connectivity index (χ3v) is 5.24. The lowest BCUT2D eigenvalue weighted by atomic mass is 10.0. The molecule has 27 heavy (non-hydrogen) atoms. The predicted molar refractivity (Wildman–Crippen MR) is 115 cm³/mol. The highest BCUT2D eigenvalue weighted by Crippen LogP contribution is 2.14. The van der Waals surface area contributed by atoms with Crippen LogP contribution in [0.5, 0.6) is 0 Å². The van der Waals surface area contributed by atoms with Crippen LogP contribution in [0.4, 0.5) is 0 Å². The molecule has 0 aliphatic rings. The molecular formula is C23H47NO3. The van der Waals surface area contributed by atoms with Crippen molar-refractivity contribution in [2.45, 2.75) is 129 Å². The first-order chi connectivity index (χ1) is 13.2. The van der Waals surface area contributed by atoms with E-state index in [0.29, 0.717) is 6.42 Å². The summed E-state index contributed by atoms with van der Waals surface area (Å²) in [6.45, 7) is 3.21. The van der Waals surface area contributed by atoms with Crippen LogP contribution in [-0.2, 0) is 4.79 Å². The summed E-state index contributed by atoms with van der Waals surface area (Å²) >= 11 is 0. The molecule has 0 heterocycles. The fourth-order valence-corrected chi connectivity index (χ4v) is 3.41. The number of rotatable bonds is 21. The summed E-state index contributed by atoms with van der Waals surface area (Å²) in [5.74, 6) is 0.173. The van der Waals surface area contributed by atoms with Crippen LogP contribution in [-0.4, -0.2) is 35.4 Å². The van der Waals surface area contributed by atoms with Crippen LogP contribution in [0.1, 0.15) is 122 Å². The van der Waals surface area contributed by atoms with Gasteiger partial charge in [0.05, 0.1) is 6.10 Å². The standard InChI is InChI=1S/C23H47NO3/c1-2-3-4-12-17-22(26)18-13-9-7-5-6-8-10-14-19-23(27)24-20-15-11-16-21-25/h22,25-26H,2-21H2,1H3,(H,24,27)/t22-/m1/s1. The monoisotopic (exact) mass is 385 g/mol. The minimum atomic E-state index is -0.0809. The van der Waals surface area contributed by atoms with E-state index in [4.69, 9.17) is 5.11 Å². The molecule has 4 heteroatoms. The molecule has 0 aliphatic carbocycles. The van der Waals surface area contributed by atoms with E-state index < -0.39 is 0 Å². The van der Waals surface area contributed by atoms with Crippen LogP contribution in [0, 0.1) is 0 Å². The van der Waals surface area contributed by atoms with E-state index in [2.05, 4.69) is 12.2 Å². The third kappa shape index (κ3) is 21.5. The smallest absolute Gasteiger partial charge is 0.219 e. The van der Waals surface area contributed by atoms with Gasteiger partial charge in [-0.1, -0.05) is 77.6 Å². The Morgan fingerprint density at radius 3 is 1.85 bits per heavy atom. The van der Waals surface area contributed by atoms with E-state index in [-0.39, 0.29) is 18.6 Å². The molecule has 0 fully saturated rings. The molecule has 0 spiro atoms. The topological polar surface area (TPSA) is 69.6 Å². The SMILES string of the molecule is CCCCCC[C@@H](O)CCCCCCCCCCC(=O)NCCCCCO. The zero-order chi connectivity index (χ0) is 20.0. The molecule has 4 nitrogen and oxygen atoms in total. The number of carbonyl (C=O) groups is 1. The highest BCUT2D eigenvalue weighted by atomic mass is 16.3. The van der Waals surface area contributed by atoms with Crippen LogP contribution in [0.3, 0.4) is 0 Å². The van der Waals surface area contributed by atoms with Crippen molar-refractivity contribution >= 4 is 5.91 Å². The van der Waals surface area contributed by atoms with Crippen molar-refractivity contribution in [3.8, 4) is 0 Å². The Hall–Kier alpha value is -0.610. The Balaban J connectivity index is 3.21. The molecule has 0 rings (SSSR count). The summed E-state index contributed by atoms with van der Waals surface area (Å²) in [6.07, 6.45) is 19.9. The van der Waals surface area contributed by atoms with E-state index in [1.165, 1.54) is 57.8 Å². The summed E-state index contributed by atoms with van der Waals surface area (Å²) in [7, 11) is 0. The predicted octanol–water partition coefficient (Wildman–Crippen LogP) is 5.50. The molecule has 0 aliphatic heterocycles. The first-order valence-electron chi connectivity index (χ1n) is 11.8. The van der Waals surface area contributed by atoms with Crippen molar-refractivity contribution in [2.75, 3.05) is 13.2 Å². The summed E-state index contributed by atoms with van der Waals surface area (Å²) in [5, 5.41) is 21.6. The molecule has 0 unspecified atom stereocenters. The molecule has 0 aromatic carbocycles. The Labute approximate surface area is 168 Å². The molecule has 0 aromatic heterocycles. The van der Waals surface area contributed by atoms with Gasteiger partial charge in [-0.25, -0.2) is 0 Å². The van der Waals surface area contributed by atoms with Crippen LogP contribution >= 0.6 is 0 Å². The molecule has 0 bridgehead atoms. The zero-order valence-electron chi connectivity index (χ0n) is 18.0. The average molecular weight is 386 g/mol. The summed E-state index contributed by atoms with van der Waals surface area (Å²) in [5.41, 5.74) is 0. The first kappa shape index (κ1) is 26.4. The van der Waals surface area contributed by atoms with Gasteiger partial charge in [-0.05, 0) is 38.5 Å². The molecule has 1 atom stereocenters. The van der Waals surface area contributed by atoms with Crippen molar-refractivity contribution in [2.24, 2.45) is 0 Å². The van der Waals surface area contributed by atoms with E-state index >= 15 is 0 Å². The largest absolute Gasteiger partial charge is 0.396 e. The number of aliphatic hydroxyl groups excluding tert-OH is 2. The average Bonchev–Trinajstić information content (AvgIpc) is 2.66. The Kier molecular flexibility index (Phi) is 21.2. The third-order valence-electron chi connectivity index (χ3n) is 5.24. The van der Waals surface area contributed by atoms with Gasteiger partial charge in [-0.3, -0.25) is 4.79 Å². The number of amides is 1. The van der Waals surface area contributed by atoms with E-state index in [9.17, 15) is 9.90 Å². The van der Waals surface area contributed by atoms with Crippen molar-refractivity contribution in [1.29, 1.82) is 0 Å². The van der Waals surface area contributed by atoms with Crippen molar-refractivity contribution in [3.05, 3.63) is 0 Å². The van der Waals surface area contributed by atoms with Gasteiger partial charge in [0.15, 0.2) is 0 Å². The Morgan fingerprint density at radius 2 is 1.26 bits per heavy atom. The Bertz CT molecular complexity index is 310. The van der Waals surface area contributed by atoms with Crippen molar-refractivity contribution in [3.63, 3.8) is 0 Å². The maximum atomic E-state index is 11.7. The number of nitrogens with one attached hydrogen (secondary N) is 1. The van der Waals surface area contributed by atoms with E-state index in [1.54, 1.807) is 0 Å². The molecule has 0 saturated carbocycles. The number of carbonyl (C=O) groups excluding carboxylic acids is 1. The summed E-state index contributed by atoms with van der Waals surface area (Å²) in [4.78, 5) is 11.7. The van der Waals surface area contributed by atoms with E-state index in [0.717, 1.165) is 57.9 Å². The second kappa shape index (κ2) is 21.7. The fourth-order valence-electron chi connectivity index (χ4n) is 3.41. The molecule has 1 amide bonds. The van der Waals surface area contributed by atoms with Gasteiger partial charge in [-0.15, -0.1) is 0 Å². The van der Waals surface area contributed by atoms with Gasteiger partial charge in [-0.2, -0.15) is 0 Å². The number of hydrogen-bond acceptors (Lipinski definition) is 3. The van der Waals surface area contributed by atoms with Crippen LogP contribution in [0.15, 0.2) is 0 Å². The highest BCUT2D eigenvalue weighted by Gasteiger charge is 2.04. The van der Waals surface area contributed by atoms with Gasteiger partial charge in [0.25, 0.3) is 0 Å². The fraction of sp³-hybridized carbons (Fsp3) is 0.957. The van der Waals surface area contributed by atoms with Gasteiger partial charge < -0.3 is 15.5 Å². The van der Waals surface area contributed by atoms with Gasteiger partial charge in [0.2, 0.25) is 5.91 Å². The summed E-state index contributed by atoms with van der Waals surface area (Å²) in [6, 6.07) is 0. The molecule has 0 radical (unpaired) electrons.